The Bertz CT molecular complexity index is 340. The van der Waals surface area contributed by atoms with Gasteiger partial charge in [-0.1, -0.05) is 25.4 Å². The molecule has 1 heterocycles. The number of rotatable bonds is 4. The molecule has 6 heteroatoms. The van der Waals surface area contributed by atoms with Gasteiger partial charge in [-0.25, -0.2) is 14.8 Å². The Balaban J connectivity index is 2.74. The molecular formula is C9H12ClN3O2. The van der Waals surface area contributed by atoms with Crippen LogP contribution in [0.4, 0.5) is 5.95 Å². The highest BCUT2D eigenvalue weighted by Crippen LogP contribution is 2.10. The smallest absolute Gasteiger partial charge is 0.326 e. The van der Waals surface area contributed by atoms with Gasteiger partial charge in [0, 0.05) is 0 Å². The van der Waals surface area contributed by atoms with Crippen molar-refractivity contribution < 1.29 is 9.90 Å². The summed E-state index contributed by atoms with van der Waals surface area (Å²) in [5.41, 5.74) is 0. The first-order chi connectivity index (χ1) is 7.00. The Kier molecular flexibility index (Phi) is 3.85. The van der Waals surface area contributed by atoms with Gasteiger partial charge in [-0.15, -0.1) is 0 Å². The predicted molar refractivity (Wildman–Crippen MR) is 56.9 cm³/mol. The third-order valence-electron chi connectivity index (χ3n) is 1.84. The molecule has 0 bridgehead atoms. The summed E-state index contributed by atoms with van der Waals surface area (Å²) >= 11 is 5.60. The van der Waals surface area contributed by atoms with Gasteiger partial charge in [-0.3, -0.25) is 0 Å². The lowest BCUT2D eigenvalue weighted by atomic mass is 10.1. The zero-order chi connectivity index (χ0) is 11.4. The molecule has 5 nitrogen and oxygen atoms in total. The predicted octanol–water partition coefficient (Wildman–Crippen LogP) is 1.65. The summed E-state index contributed by atoms with van der Waals surface area (Å²) in [7, 11) is 0. The van der Waals surface area contributed by atoms with E-state index < -0.39 is 12.0 Å². The van der Waals surface area contributed by atoms with Crippen molar-refractivity contribution in [2.45, 2.75) is 19.9 Å². The summed E-state index contributed by atoms with van der Waals surface area (Å²) in [4.78, 5) is 18.6. The number of hydrogen-bond donors (Lipinski definition) is 2. The van der Waals surface area contributed by atoms with Crippen LogP contribution in [0, 0.1) is 5.92 Å². The van der Waals surface area contributed by atoms with E-state index in [1.807, 2.05) is 13.8 Å². The number of halogens is 1. The molecule has 0 unspecified atom stereocenters. The number of anilines is 1. The molecule has 0 radical (unpaired) electrons. The lowest BCUT2D eigenvalue weighted by molar-refractivity contribution is -0.138. The Hall–Kier alpha value is -1.36. The van der Waals surface area contributed by atoms with E-state index in [1.165, 1.54) is 12.4 Å². The van der Waals surface area contributed by atoms with Gasteiger partial charge in [-0.05, 0) is 5.92 Å². The maximum absolute atomic E-state index is 10.9. The average molecular weight is 230 g/mol. The van der Waals surface area contributed by atoms with Crippen LogP contribution in [0.3, 0.4) is 0 Å². The van der Waals surface area contributed by atoms with Crippen molar-refractivity contribution in [3.63, 3.8) is 0 Å². The molecule has 0 aliphatic carbocycles. The highest BCUT2D eigenvalue weighted by Gasteiger charge is 2.21. The standard InChI is InChI=1S/C9H12ClN3O2/c1-5(2)7(8(14)15)13-9-11-3-6(10)4-12-9/h3-5,7H,1-2H3,(H,14,15)(H,11,12,13)/t7-/m1/s1. The second kappa shape index (κ2) is 4.93. The van der Waals surface area contributed by atoms with E-state index in [1.54, 1.807) is 0 Å². The van der Waals surface area contributed by atoms with Gasteiger partial charge in [0.25, 0.3) is 0 Å². The summed E-state index contributed by atoms with van der Waals surface area (Å²) in [6, 6.07) is -0.703. The molecule has 2 N–H and O–H groups in total. The fourth-order valence-electron chi connectivity index (χ4n) is 1.04. The molecule has 1 rings (SSSR count). The molecule has 82 valence electrons. The lowest BCUT2D eigenvalue weighted by Gasteiger charge is -2.17. The summed E-state index contributed by atoms with van der Waals surface area (Å²) < 4.78 is 0. The van der Waals surface area contributed by atoms with E-state index in [4.69, 9.17) is 16.7 Å². The monoisotopic (exact) mass is 229 g/mol. The first-order valence-electron chi connectivity index (χ1n) is 4.47. The molecule has 0 aromatic carbocycles. The van der Waals surface area contributed by atoms with Crippen LogP contribution in [0.2, 0.25) is 5.02 Å². The van der Waals surface area contributed by atoms with Crippen LogP contribution in [-0.2, 0) is 4.79 Å². The molecule has 0 saturated carbocycles. The van der Waals surface area contributed by atoms with Crippen LogP contribution in [0.1, 0.15) is 13.8 Å². The van der Waals surface area contributed by atoms with Gasteiger partial charge >= 0.3 is 5.97 Å². The molecule has 15 heavy (non-hydrogen) atoms. The molecule has 1 atom stereocenters. The largest absolute Gasteiger partial charge is 0.480 e. The molecule has 0 spiro atoms. The van der Waals surface area contributed by atoms with E-state index >= 15 is 0 Å². The maximum atomic E-state index is 10.9. The van der Waals surface area contributed by atoms with Crippen LogP contribution in [0.25, 0.3) is 0 Å². The first kappa shape index (κ1) is 11.7. The van der Waals surface area contributed by atoms with Crippen LogP contribution >= 0.6 is 11.6 Å². The fourth-order valence-corrected chi connectivity index (χ4v) is 1.14. The van der Waals surface area contributed by atoms with Gasteiger partial charge < -0.3 is 10.4 Å². The number of carboxylic acids is 1. The normalized spacial score (nSPS) is 12.5. The number of nitrogens with zero attached hydrogens (tertiary/aromatic N) is 2. The quantitative estimate of drug-likeness (QED) is 0.821. The van der Waals surface area contributed by atoms with Crippen molar-refractivity contribution >= 4 is 23.5 Å². The number of aromatic nitrogens is 2. The Morgan fingerprint density at radius 3 is 2.40 bits per heavy atom. The Morgan fingerprint density at radius 2 is 2.00 bits per heavy atom. The van der Waals surface area contributed by atoms with Crippen LogP contribution < -0.4 is 5.32 Å². The van der Waals surface area contributed by atoms with E-state index in [9.17, 15) is 4.79 Å². The zero-order valence-electron chi connectivity index (χ0n) is 8.44. The van der Waals surface area contributed by atoms with Crippen molar-refractivity contribution in [3.05, 3.63) is 17.4 Å². The molecule has 0 amide bonds. The average Bonchev–Trinajstić information content (AvgIpc) is 2.15. The van der Waals surface area contributed by atoms with Gasteiger partial charge in [-0.2, -0.15) is 0 Å². The van der Waals surface area contributed by atoms with Gasteiger partial charge in [0.1, 0.15) is 6.04 Å². The molecule has 0 saturated heterocycles. The minimum Gasteiger partial charge on any atom is -0.480 e. The fraction of sp³-hybridized carbons (Fsp3) is 0.444. The number of aliphatic carboxylic acids is 1. The topological polar surface area (TPSA) is 75.1 Å². The van der Waals surface area contributed by atoms with E-state index in [0.717, 1.165) is 0 Å². The zero-order valence-corrected chi connectivity index (χ0v) is 9.19. The second-order valence-electron chi connectivity index (χ2n) is 3.43. The van der Waals surface area contributed by atoms with Crippen molar-refractivity contribution in [1.82, 2.24) is 9.97 Å². The number of carbonyl (C=O) groups is 1. The first-order valence-corrected chi connectivity index (χ1v) is 4.85. The van der Waals surface area contributed by atoms with Crippen molar-refractivity contribution in [3.8, 4) is 0 Å². The summed E-state index contributed by atoms with van der Waals surface area (Å²) in [6.45, 7) is 3.61. The Labute approximate surface area is 92.5 Å². The molecule has 1 aromatic rings. The minimum atomic E-state index is -0.927. The van der Waals surface area contributed by atoms with Gasteiger partial charge in [0.2, 0.25) is 5.95 Å². The Morgan fingerprint density at radius 1 is 1.47 bits per heavy atom. The van der Waals surface area contributed by atoms with Gasteiger partial charge in [0.05, 0.1) is 17.4 Å². The highest BCUT2D eigenvalue weighted by molar-refractivity contribution is 6.30. The van der Waals surface area contributed by atoms with E-state index in [2.05, 4.69) is 15.3 Å². The van der Waals surface area contributed by atoms with Crippen molar-refractivity contribution in [2.75, 3.05) is 5.32 Å². The maximum Gasteiger partial charge on any atom is 0.326 e. The lowest BCUT2D eigenvalue weighted by Crippen LogP contribution is -2.34. The summed E-state index contributed by atoms with van der Waals surface area (Å²) in [5.74, 6) is -0.717. The van der Waals surface area contributed by atoms with Crippen LogP contribution in [0.15, 0.2) is 12.4 Å². The number of nitrogens with one attached hydrogen (secondary N) is 1. The SMILES string of the molecule is CC(C)[C@@H](Nc1ncc(Cl)cn1)C(=O)O. The highest BCUT2D eigenvalue weighted by atomic mass is 35.5. The van der Waals surface area contributed by atoms with Crippen molar-refractivity contribution in [1.29, 1.82) is 0 Å². The third-order valence-corrected chi connectivity index (χ3v) is 2.03. The number of hydrogen-bond acceptors (Lipinski definition) is 4. The third kappa shape index (κ3) is 3.36. The molecular weight excluding hydrogens is 218 g/mol. The molecule has 0 aliphatic heterocycles. The van der Waals surface area contributed by atoms with E-state index in [0.29, 0.717) is 5.02 Å². The van der Waals surface area contributed by atoms with Crippen LogP contribution in [0.5, 0.6) is 0 Å². The van der Waals surface area contributed by atoms with Gasteiger partial charge in [0.15, 0.2) is 0 Å². The van der Waals surface area contributed by atoms with E-state index in [-0.39, 0.29) is 11.9 Å². The van der Waals surface area contributed by atoms with Crippen LogP contribution in [-0.4, -0.2) is 27.1 Å². The number of carboxylic acid groups (broad SMARTS) is 1. The molecule has 1 aromatic heterocycles. The summed E-state index contributed by atoms with van der Waals surface area (Å²) in [6.07, 6.45) is 2.83. The molecule has 0 aliphatic rings. The molecule has 0 fully saturated rings. The summed E-state index contributed by atoms with van der Waals surface area (Å²) in [5, 5.41) is 12.1. The van der Waals surface area contributed by atoms with Crippen molar-refractivity contribution in [2.24, 2.45) is 5.92 Å². The minimum absolute atomic E-state index is 0.0539. The second-order valence-corrected chi connectivity index (χ2v) is 3.87.